The molecule has 2 saturated carbocycles. The molecule has 25 heavy (non-hydrogen) atoms. The average molecular weight is 376 g/mol. The van der Waals surface area contributed by atoms with Gasteiger partial charge in [-0.3, -0.25) is 0 Å². The minimum Gasteiger partial charge on any atom is -0.393 e. The van der Waals surface area contributed by atoms with Gasteiger partial charge >= 0.3 is 12.4 Å². The Morgan fingerprint density at radius 2 is 0.960 bits per heavy atom. The normalized spacial score (nSPS) is 38.6. The Kier molecular flexibility index (Phi) is 5.75. The van der Waals surface area contributed by atoms with Crippen LogP contribution in [0.3, 0.4) is 0 Å². The predicted molar refractivity (Wildman–Crippen MR) is 79.6 cm³/mol. The Hall–Kier alpha value is -0.500. The number of alkyl halides is 6. The van der Waals surface area contributed by atoms with Gasteiger partial charge in [0, 0.05) is 0 Å². The largest absolute Gasteiger partial charge is 0.403 e. The Morgan fingerprint density at radius 1 is 0.640 bits per heavy atom. The molecule has 0 amide bonds. The summed E-state index contributed by atoms with van der Waals surface area (Å²) in [6.45, 7) is 3.00. The van der Waals surface area contributed by atoms with Crippen LogP contribution in [0, 0.1) is 29.1 Å². The van der Waals surface area contributed by atoms with Crippen LogP contribution in [0.5, 0.6) is 0 Å². The highest BCUT2D eigenvalue weighted by Crippen LogP contribution is 2.65. The molecule has 148 valence electrons. The molecular formula is C17H26F6O2. The van der Waals surface area contributed by atoms with Crippen molar-refractivity contribution in [1.29, 1.82) is 0 Å². The topological polar surface area (TPSA) is 40.5 Å². The third-order valence-electron chi connectivity index (χ3n) is 6.47. The van der Waals surface area contributed by atoms with Crippen molar-refractivity contribution in [2.45, 2.75) is 76.9 Å². The number of rotatable bonds is 2. The van der Waals surface area contributed by atoms with E-state index in [1.165, 1.54) is 13.8 Å². The van der Waals surface area contributed by atoms with E-state index in [1.807, 2.05) is 0 Å². The van der Waals surface area contributed by atoms with Crippen molar-refractivity contribution in [3.63, 3.8) is 0 Å². The fourth-order valence-corrected chi connectivity index (χ4v) is 5.01. The molecule has 0 aliphatic heterocycles. The zero-order valence-electron chi connectivity index (χ0n) is 14.4. The molecule has 6 unspecified atom stereocenters. The highest BCUT2D eigenvalue weighted by molar-refractivity contribution is 5.06. The summed E-state index contributed by atoms with van der Waals surface area (Å²) in [4.78, 5) is 0. The summed E-state index contributed by atoms with van der Waals surface area (Å²) < 4.78 is 84.3. The van der Waals surface area contributed by atoms with Gasteiger partial charge in [0.15, 0.2) is 5.41 Å². The molecule has 2 aliphatic carbocycles. The summed E-state index contributed by atoms with van der Waals surface area (Å²) in [6, 6.07) is 0. The Balaban J connectivity index is 2.50. The summed E-state index contributed by atoms with van der Waals surface area (Å²) in [6.07, 6.45) is -13.9. The van der Waals surface area contributed by atoms with Crippen LogP contribution in [0.15, 0.2) is 0 Å². The summed E-state index contributed by atoms with van der Waals surface area (Å²) in [7, 11) is 0. The first-order valence-electron chi connectivity index (χ1n) is 8.81. The summed E-state index contributed by atoms with van der Waals surface area (Å²) in [5.41, 5.74) is -3.77. The SMILES string of the molecule is CC1CC(C(C2CCC(O)C(C)C2)(C(F)(F)F)C(F)(F)F)CCC1O. The highest BCUT2D eigenvalue weighted by atomic mass is 19.4. The van der Waals surface area contributed by atoms with Crippen LogP contribution in [-0.4, -0.2) is 34.8 Å². The lowest BCUT2D eigenvalue weighted by Crippen LogP contribution is -2.61. The molecule has 2 nitrogen and oxygen atoms in total. The van der Waals surface area contributed by atoms with E-state index >= 15 is 0 Å². The van der Waals surface area contributed by atoms with Crippen molar-refractivity contribution in [2.75, 3.05) is 0 Å². The minimum absolute atomic E-state index is 0.0510. The van der Waals surface area contributed by atoms with E-state index in [0.29, 0.717) is 0 Å². The van der Waals surface area contributed by atoms with Gasteiger partial charge in [-0.15, -0.1) is 0 Å². The lowest BCUT2D eigenvalue weighted by atomic mass is 9.55. The van der Waals surface area contributed by atoms with Gasteiger partial charge in [0.05, 0.1) is 12.2 Å². The molecule has 0 aromatic heterocycles. The van der Waals surface area contributed by atoms with Crippen LogP contribution in [0.2, 0.25) is 0 Å². The fourth-order valence-electron chi connectivity index (χ4n) is 5.01. The standard InChI is InChI=1S/C17H26F6O2/c1-9-7-11(3-5-13(9)24)15(16(18,19)20,17(21,22)23)12-4-6-14(25)10(2)8-12/h9-14,24-25H,3-8H2,1-2H3. The summed E-state index contributed by atoms with van der Waals surface area (Å²) in [5.74, 6) is -4.40. The van der Waals surface area contributed by atoms with Crippen LogP contribution in [0.25, 0.3) is 0 Å². The maximum Gasteiger partial charge on any atom is 0.403 e. The van der Waals surface area contributed by atoms with E-state index < -0.39 is 53.6 Å². The zero-order chi connectivity index (χ0) is 19.2. The Bertz CT molecular complexity index is 419. The predicted octanol–water partition coefficient (Wildman–Crippen LogP) is 4.69. The van der Waals surface area contributed by atoms with Crippen molar-refractivity contribution in [3.05, 3.63) is 0 Å². The van der Waals surface area contributed by atoms with Gasteiger partial charge in [-0.25, -0.2) is 0 Å². The smallest absolute Gasteiger partial charge is 0.393 e. The lowest BCUT2D eigenvalue weighted by Gasteiger charge is -2.52. The van der Waals surface area contributed by atoms with Crippen molar-refractivity contribution < 1.29 is 36.6 Å². The molecule has 2 N–H and O–H groups in total. The third-order valence-corrected chi connectivity index (χ3v) is 6.47. The number of hydrogen-bond donors (Lipinski definition) is 2. The molecule has 0 radical (unpaired) electrons. The minimum atomic E-state index is -5.43. The summed E-state index contributed by atoms with van der Waals surface area (Å²) >= 11 is 0. The van der Waals surface area contributed by atoms with Gasteiger partial charge in [0.1, 0.15) is 0 Å². The zero-order valence-corrected chi connectivity index (χ0v) is 14.4. The summed E-state index contributed by atoms with van der Waals surface area (Å²) in [5, 5.41) is 19.5. The Morgan fingerprint density at radius 3 is 1.20 bits per heavy atom. The van der Waals surface area contributed by atoms with Crippen LogP contribution < -0.4 is 0 Å². The number of aliphatic hydroxyl groups excluding tert-OH is 2. The number of halogens is 6. The van der Waals surface area contributed by atoms with Crippen LogP contribution in [0.4, 0.5) is 26.3 Å². The molecule has 0 aromatic rings. The van der Waals surface area contributed by atoms with Crippen LogP contribution in [0.1, 0.15) is 52.4 Å². The van der Waals surface area contributed by atoms with Gasteiger partial charge in [-0.05, 0) is 62.2 Å². The van der Waals surface area contributed by atoms with Crippen molar-refractivity contribution in [3.8, 4) is 0 Å². The third kappa shape index (κ3) is 3.53. The second kappa shape index (κ2) is 6.91. The fraction of sp³-hybridized carbons (Fsp3) is 1.00. The van der Waals surface area contributed by atoms with E-state index in [-0.39, 0.29) is 38.5 Å². The van der Waals surface area contributed by atoms with Crippen molar-refractivity contribution in [2.24, 2.45) is 29.1 Å². The molecule has 0 bridgehead atoms. The average Bonchev–Trinajstić information content (AvgIpc) is 2.44. The van der Waals surface area contributed by atoms with Crippen LogP contribution in [-0.2, 0) is 0 Å². The second-order valence-electron chi connectivity index (χ2n) is 7.97. The number of aliphatic hydroxyl groups is 2. The Labute approximate surface area is 143 Å². The van der Waals surface area contributed by atoms with Crippen molar-refractivity contribution >= 4 is 0 Å². The van der Waals surface area contributed by atoms with Gasteiger partial charge in [-0.2, -0.15) is 26.3 Å². The quantitative estimate of drug-likeness (QED) is 0.687. The van der Waals surface area contributed by atoms with E-state index in [1.54, 1.807) is 0 Å². The first kappa shape index (κ1) is 20.8. The van der Waals surface area contributed by atoms with E-state index in [4.69, 9.17) is 0 Å². The molecule has 6 atom stereocenters. The van der Waals surface area contributed by atoms with Crippen molar-refractivity contribution in [1.82, 2.24) is 0 Å². The van der Waals surface area contributed by atoms with Gasteiger partial charge < -0.3 is 10.2 Å². The van der Waals surface area contributed by atoms with E-state index in [0.717, 1.165) is 0 Å². The maximum atomic E-state index is 14.0. The molecule has 0 aromatic carbocycles. The second-order valence-corrected chi connectivity index (χ2v) is 7.97. The lowest BCUT2D eigenvalue weighted by molar-refractivity contribution is -0.384. The number of hydrogen-bond acceptors (Lipinski definition) is 2. The molecule has 2 aliphatic rings. The molecule has 0 saturated heterocycles. The van der Waals surface area contributed by atoms with Crippen LogP contribution >= 0.6 is 0 Å². The monoisotopic (exact) mass is 376 g/mol. The van der Waals surface area contributed by atoms with E-state index in [9.17, 15) is 36.6 Å². The molecule has 0 heterocycles. The molecule has 2 rings (SSSR count). The molecule has 8 heteroatoms. The first-order chi connectivity index (χ1) is 11.3. The first-order valence-corrected chi connectivity index (χ1v) is 8.81. The van der Waals surface area contributed by atoms with E-state index in [2.05, 4.69) is 0 Å². The van der Waals surface area contributed by atoms with Gasteiger partial charge in [-0.1, -0.05) is 13.8 Å². The van der Waals surface area contributed by atoms with Gasteiger partial charge in [0.25, 0.3) is 0 Å². The maximum absolute atomic E-state index is 14.0. The molecule has 0 spiro atoms. The highest BCUT2D eigenvalue weighted by Gasteiger charge is 2.76. The molecular weight excluding hydrogens is 350 g/mol. The molecule has 2 fully saturated rings. The van der Waals surface area contributed by atoms with Gasteiger partial charge in [0.2, 0.25) is 0 Å².